The second-order valence-electron chi connectivity index (χ2n) is 10.4. The molecule has 5 rings (SSSR count). The predicted octanol–water partition coefficient (Wildman–Crippen LogP) is 3.40. The molecule has 2 aliphatic carbocycles. The van der Waals surface area contributed by atoms with Crippen LogP contribution < -0.4 is 4.90 Å². The zero-order valence-corrected chi connectivity index (χ0v) is 19.1. The molecular formula is C26H36N2O3. The van der Waals surface area contributed by atoms with Crippen LogP contribution in [0.4, 0.5) is 5.69 Å². The molecule has 2 aliphatic heterocycles. The fraction of sp³-hybridized carbons (Fsp3) is 0.654. The number of rotatable bonds is 3. The molecule has 1 aromatic carbocycles. The van der Waals surface area contributed by atoms with Gasteiger partial charge in [0.1, 0.15) is 6.10 Å². The standard InChI is InChI=1S/C26H36N2O3/c1-17-7-4-5-10-21(17)28-13-11-27(12-14-28)16-20-23-22(31-25(20)30)15-19-9-6-8-18(2)26(19,3)24(23)29/h4-5,7,9-10,18,20,22-24,29H,6,8,11-16H2,1-3H3/t18-,20-,22-,23+,24+,26-/m0/s1. The zero-order chi connectivity index (χ0) is 21.8. The Balaban J connectivity index is 1.28. The highest BCUT2D eigenvalue weighted by Gasteiger charge is 2.59. The number of hydrogen-bond donors (Lipinski definition) is 1. The third kappa shape index (κ3) is 3.41. The number of para-hydroxylation sites is 1. The summed E-state index contributed by atoms with van der Waals surface area (Å²) in [5.74, 6) is 0.00505. The van der Waals surface area contributed by atoms with Crippen LogP contribution in [0.15, 0.2) is 35.9 Å². The van der Waals surface area contributed by atoms with Crippen LogP contribution in [0.3, 0.4) is 0 Å². The summed E-state index contributed by atoms with van der Waals surface area (Å²) in [5.41, 5.74) is 3.70. The molecule has 2 saturated heterocycles. The molecule has 0 unspecified atom stereocenters. The van der Waals surface area contributed by atoms with Gasteiger partial charge in [-0.3, -0.25) is 9.69 Å². The second kappa shape index (κ2) is 7.93. The van der Waals surface area contributed by atoms with E-state index in [0.717, 1.165) is 45.4 Å². The molecule has 4 aliphatic rings. The lowest BCUT2D eigenvalue weighted by molar-refractivity contribution is -0.145. The number of nitrogens with zero attached hydrogens (tertiary/aromatic N) is 2. The Morgan fingerprint density at radius 3 is 2.68 bits per heavy atom. The van der Waals surface area contributed by atoms with Crippen molar-refractivity contribution >= 4 is 11.7 Å². The molecule has 1 N–H and O–H groups in total. The first-order chi connectivity index (χ1) is 14.9. The van der Waals surface area contributed by atoms with E-state index in [2.05, 4.69) is 60.9 Å². The quantitative estimate of drug-likeness (QED) is 0.595. The summed E-state index contributed by atoms with van der Waals surface area (Å²) in [6.07, 6.45) is 4.59. The number of aliphatic hydroxyl groups is 1. The molecule has 0 bridgehead atoms. The third-order valence-corrected chi connectivity index (χ3v) is 8.85. The number of hydrogen-bond acceptors (Lipinski definition) is 5. The Bertz CT molecular complexity index is 875. The maximum atomic E-state index is 12.9. The zero-order valence-electron chi connectivity index (χ0n) is 19.1. The van der Waals surface area contributed by atoms with Crippen molar-refractivity contribution in [3.63, 3.8) is 0 Å². The Labute approximate surface area is 186 Å². The first kappa shape index (κ1) is 21.0. The van der Waals surface area contributed by atoms with Crippen LogP contribution in [0.5, 0.6) is 0 Å². The molecule has 0 aromatic heterocycles. The van der Waals surface area contributed by atoms with Gasteiger partial charge in [0.2, 0.25) is 0 Å². The summed E-state index contributed by atoms with van der Waals surface area (Å²) in [4.78, 5) is 17.7. The maximum absolute atomic E-state index is 12.9. The highest BCUT2D eigenvalue weighted by atomic mass is 16.6. The highest BCUT2D eigenvalue weighted by molar-refractivity contribution is 5.76. The monoisotopic (exact) mass is 424 g/mol. The topological polar surface area (TPSA) is 53.0 Å². The van der Waals surface area contributed by atoms with E-state index in [1.807, 2.05) is 0 Å². The first-order valence-corrected chi connectivity index (χ1v) is 12.0. The lowest BCUT2D eigenvalue weighted by Crippen LogP contribution is -2.55. The molecule has 0 spiro atoms. The van der Waals surface area contributed by atoms with E-state index in [-0.39, 0.29) is 29.3 Å². The van der Waals surface area contributed by atoms with Gasteiger partial charge in [0, 0.05) is 56.2 Å². The van der Waals surface area contributed by atoms with Crippen LogP contribution >= 0.6 is 0 Å². The van der Waals surface area contributed by atoms with E-state index in [1.165, 1.54) is 16.8 Å². The van der Waals surface area contributed by atoms with E-state index >= 15 is 0 Å². The van der Waals surface area contributed by atoms with Gasteiger partial charge in [-0.2, -0.15) is 0 Å². The summed E-state index contributed by atoms with van der Waals surface area (Å²) < 4.78 is 5.85. The molecular weight excluding hydrogens is 388 g/mol. The number of benzene rings is 1. The van der Waals surface area contributed by atoms with Crippen LogP contribution in [0, 0.1) is 30.1 Å². The fourth-order valence-electron chi connectivity index (χ4n) is 6.64. The van der Waals surface area contributed by atoms with Crippen molar-refractivity contribution in [1.29, 1.82) is 0 Å². The Hall–Kier alpha value is -1.85. The van der Waals surface area contributed by atoms with Gasteiger partial charge in [-0.15, -0.1) is 0 Å². The average molecular weight is 425 g/mol. The molecule has 5 heteroatoms. The predicted molar refractivity (Wildman–Crippen MR) is 122 cm³/mol. The Morgan fingerprint density at radius 2 is 1.94 bits per heavy atom. The summed E-state index contributed by atoms with van der Waals surface area (Å²) >= 11 is 0. The molecule has 0 amide bonds. The van der Waals surface area contributed by atoms with Crippen molar-refractivity contribution < 1.29 is 14.6 Å². The number of carbonyl (C=O) groups is 1. The van der Waals surface area contributed by atoms with Gasteiger partial charge in [0.25, 0.3) is 0 Å². The number of fused-ring (bicyclic) bond motifs is 2. The third-order valence-electron chi connectivity index (χ3n) is 8.85. The largest absolute Gasteiger partial charge is 0.461 e. The molecule has 3 fully saturated rings. The number of aryl methyl sites for hydroxylation is 1. The first-order valence-electron chi connectivity index (χ1n) is 12.0. The number of anilines is 1. The van der Waals surface area contributed by atoms with Gasteiger partial charge in [-0.1, -0.05) is 43.7 Å². The van der Waals surface area contributed by atoms with Crippen LogP contribution in [0.1, 0.15) is 38.7 Å². The Kier molecular flexibility index (Phi) is 5.38. The van der Waals surface area contributed by atoms with E-state index in [1.54, 1.807) is 0 Å². The van der Waals surface area contributed by atoms with Gasteiger partial charge >= 0.3 is 5.97 Å². The number of aliphatic hydroxyl groups excluding tert-OH is 1. The summed E-state index contributed by atoms with van der Waals surface area (Å²) in [7, 11) is 0. The molecule has 1 saturated carbocycles. The van der Waals surface area contributed by atoms with Crippen molar-refractivity contribution in [3.05, 3.63) is 41.5 Å². The van der Waals surface area contributed by atoms with E-state index in [0.29, 0.717) is 12.5 Å². The molecule has 0 radical (unpaired) electrons. The average Bonchev–Trinajstić information content (AvgIpc) is 3.06. The molecule has 6 atom stereocenters. The number of esters is 1. The van der Waals surface area contributed by atoms with Crippen molar-refractivity contribution in [2.24, 2.45) is 23.2 Å². The van der Waals surface area contributed by atoms with Crippen LogP contribution in [0.25, 0.3) is 0 Å². The van der Waals surface area contributed by atoms with Crippen molar-refractivity contribution in [2.75, 3.05) is 37.6 Å². The smallest absolute Gasteiger partial charge is 0.311 e. The lowest BCUT2D eigenvalue weighted by atomic mass is 9.55. The normalized spacial score (nSPS) is 38.3. The minimum absolute atomic E-state index is 0.0930. The fourth-order valence-corrected chi connectivity index (χ4v) is 6.64. The SMILES string of the molecule is Cc1ccccc1N1CCN(C[C@@H]2C(=O)O[C@H]3CC4=CCC[C@H](C)[C@]4(C)[C@H](O)[C@@H]32)CC1. The minimum Gasteiger partial charge on any atom is -0.461 e. The summed E-state index contributed by atoms with van der Waals surface area (Å²) in [6.45, 7) is 11.1. The summed E-state index contributed by atoms with van der Waals surface area (Å²) in [5, 5.41) is 11.5. The summed E-state index contributed by atoms with van der Waals surface area (Å²) in [6, 6.07) is 8.54. The van der Waals surface area contributed by atoms with Crippen LogP contribution in [-0.2, 0) is 9.53 Å². The number of carbonyl (C=O) groups excluding carboxylic acids is 1. The lowest BCUT2D eigenvalue weighted by Gasteiger charge is -2.52. The van der Waals surface area contributed by atoms with Gasteiger partial charge in [0.05, 0.1) is 12.0 Å². The van der Waals surface area contributed by atoms with Gasteiger partial charge in [0.15, 0.2) is 0 Å². The minimum atomic E-state index is -0.516. The van der Waals surface area contributed by atoms with Crippen molar-refractivity contribution in [1.82, 2.24) is 4.90 Å². The van der Waals surface area contributed by atoms with Crippen molar-refractivity contribution in [3.8, 4) is 0 Å². The molecule has 1 aromatic rings. The van der Waals surface area contributed by atoms with Crippen molar-refractivity contribution in [2.45, 2.75) is 52.2 Å². The number of ether oxygens (including phenoxy) is 1. The van der Waals surface area contributed by atoms with Crippen LogP contribution in [0.2, 0.25) is 0 Å². The van der Waals surface area contributed by atoms with E-state index in [9.17, 15) is 9.90 Å². The van der Waals surface area contributed by atoms with Gasteiger partial charge in [-0.05, 0) is 37.3 Å². The molecule has 31 heavy (non-hydrogen) atoms. The number of piperazine rings is 1. The highest BCUT2D eigenvalue weighted by Crippen LogP contribution is 2.56. The molecule has 5 nitrogen and oxygen atoms in total. The van der Waals surface area contributed by atoms with Crippen LogP contribution in [-0.4, -0.2) is 60.9 Å². The van der Waals surface area contributed by atoms with Gasteiger partial charge < -0.3 is 14.7 Å². The Morgan fingerprint density at radius 1 is 1.19 bits per heavy atom. The molecule has 168 valence electrons. The molecule has 2 heterocycles. The van der Waals surface area contributed by atoms with E-state index < -0.39 is 6.10 Å². The number of allylic oxidation sites excluding steroid dienone is 1. The second-order valence-corrected chi connectivity index (χ2v) is 10.4. The van der Waals surface area contributed by atoms with Gasteiger partial charge in [-0.25, -0.2) is 0 Å². The van der Waals surface area contributed by atoms with E-state index in [4.69, 9.17) is 4.74 Å². The maximum Gasteiger partial charge on any atom is 0.311 e.